The van der Waals surface area contributed by atoms with E-state index in [1.807, 2.05) is 13.8 Å². The number of carbonyl (C=O) groups is 2. The van der Waals surface area contributed by atoms with E-state index >= 15 is 0 Å². The summed E-state index contributed by atoms with van der Waals surface area (Å²) in [5.41, 5.74) is -0.962. The number of hydrogen-bond acceptors (Lipinski definition) is 4. The van der Waals surface area contributed by atoms with Gasteiger partial charge in [0.2, 0.25) is 0 Å². The molecule has 0 heterocycles. The van der Waals surface area contributed by atoms with E-state index in [1.165, 1.54) is 0 Å². The van der Waals surface area contributed by atoms with E-state index < -0.39 is 23.3 Å². The van der Waals surface area contributed by atoms with E-state index in [2.05, 4.69) is 0 Å². The molecule has 6 nitrogen and oxygen atoms in total. The number of carboxylic acid groups (broad SMARTS) is 2. The van der Waals surface area contributed by atoms with E-state index in [0.717, 1.165) is 6.42 Å². The number of aliphatic carboxylic acids is 2. The Kier molecular flexibility index (Phi) is 7.14. The highest BCUT2D eigenvalue weighted by molar-refractivity contribution is 5.97. The molecule has 0 radical (unpaired) electrons. The van der Waals surface area contributed by atoms with Gasteiger partial charge in [-0.05, 0) is 33.1 Å². The monoisotopic (exact) mass is 274 g/mol. The summed E-state index contributed by atoms with van der Waals surface area (Å²) in [6, 6.07) is 0. The first kappa shape index (κ1) is 17.4. The van der Waals surface area contributed by atoms with Gasteiger partial charge in [-0.3, -0.25) is 0 Å². The number of carboxylic acids is 2. The molecule has 0 unspecified atom stereocenters. The minimum absolute atomic E-state index is 0.128. The number of unbranched alkanes of at least 4 members (excludes halogenated alkanes) is 1. The van der Waals surface area contributed by atoms with Crippen molar-refractivity contribution in [2.24, 2.45) is 0 Å². The Morgan fingerprint density at radius 3 is 2.05 bits per heavy atom. The second kappa shape index (κ2) is 7.78. The lowest BCUT2D eigenvalue weighted by atomic mass is 10.1. The Morgan fingerprint density at radius 2 is 1.68 bits per heavy atom. The zero-order chi connectivity index (χ0) is 15.1. The maximum absolute atomic E-state index is 11.1. The van der Waals surface area contributed by atoms with Crippen LogP contribution in [-0.2, 0) is 19.4 Å². The topological polar surface area (TPSA) is 93.1 Å². The lowest BCUT2D eigenvalue weighted by molar-refractivity contribution is -0.326. The van der Waals surface area contributed by atoms with Gasteiger partial charge in [0.05, 0.1) is 5.57 Å². The Labute approximate surface area is 112 Å². The van der Waals surface area contributed by atoms with E-state index in [-0.39, 0.29) is 12.0 Å². The molecule has 0 amide bonds. The lowest BCUT2D eigenvalue weighted by Gasteiger charge is -2.22. The smallest absolute Gasteiger partial charge is 0.375 e. The average Bonchev–Trinajstić information content (AvgIpc) is 2.32. The molecule has 0 bridgehead atoms. The molecule has 6 heteroatoms. The van der Waals surface area contributed by atoms with Crippen LogP contribution in [0.5, 0.6) is 0 Å². The third kappa shape index (κ3) is 6.24. The van der Waals surface area contributed by atoms with Crippen LogP contribution in [0.4, 0.5) is 0 Å². The zero-order valence-electron chi connectivity index (χ0n) is 11.9. The van der Waals surface area contributed by atoms with Gasteiger partial charge in [0.15, 0.2) is 0 Å². The number of hydrogen-bond donors (Lipinski definition) is 2. The lowest BCUT2D eigenvalue weighted by Crippen LogP contribution is -2.25. The summed E-state index contributed by atoms with van der Waals surface area (Å²) < 4.78 is 0. The molecule has 0 spiro atoms. The second-order valence-corrected chi connectivity index (χ2v) is 4.80. The predicted molar refractivity (Wildman–Crippen MR) is 68.4 cm³/mol. The molecule has 110 valence electrons. The molecule has 0 rings (SSSR count). The molecular formula is C13H22O6. The Hall–Kier alpha value is -1.56. The van der Waals surface area contributed by atoms with Crippen LogP contribution in [-0.4, -0.2) is 27.8 Å². The molecule has 0 aliphatic heterocycles. The molecule has 0 saturated carbocycles. The van der Waals surface area contributed by atoms with Crippen molar-refractivity contribution in [1.29, 1.82) is 0 Å². The summed E-state index contributed by atoms with van der Waals surface area (Å²) >= 11 is 0. The fraction of sp³-hybridized carbons (Fsp3) is 0.692. The Bertz CT molecular complexity index is 356. The molecular weight excluding hydrogens is 252 g/mol. The van der Waals surface area contributed by atoms with Crippen molar-refractivity contribution in [1.82, 2.24) is 0 Å². The molecule has 0 aromatic heterocycles. The van der Waals surface area contributed by atoms with Gasteiger partial charge >= 0.3 is 11.9 Å². The molecule has 0 atom stereocenters. The van der Waals surface area contributed by atoms with Crippen molar-refractivity contribution in [3.05, 3.63) is 11.3 Å². The fourth-order valence-corrected chi connectivity index (χ4v) is 1.10. The van der Waals surface area contributed by atoms with Crippen molar-refractivity contribution >= 4 is 11.9 Å². The van der Waals surface area contributed by atoms with E-state index in [0.29, 0.717) is 12.8 Å². The Balaban J connectivity index is 5.11. The van der Waals surface area contributed by atoms with Crippen LogP contribution >= 0.6 is 0 Å². The van der Waals surface area contributed by atoms with Crippen LogP contribution in [0.2, 0.25) is 0 Å². The molecule has 0 fully saturated rings. The molecule has 19 heavy (non-hydrogen) atoms. The second-order valence-electron chi connectivity index (χ2n) is 4.80. The van der Waals surface area contributed by atoms with Crippen LogP contribution in [0.25, 0.3) is 0 Å². The predicted octanol–water partition coefficient (Wildman–Crippen LogP) is 2.74. The van der Waals surface area contributed by atoms with Gasteiger partial charge in [-0.2, -0.15) is 4.89 Å². The summed E-state index contributed by atoms with van der Waals surface area (Å²) in [5.74, 6) is -3.40. The molecule has 2 N–H and O–H groups in total. The van der Waals surface area contributed by atoms with Crippen molar-refractivity contribution in [3.63, 3.8) is 0 Å². The highest BCUT2D eigenvalue weighted by Gasteiger charge is 2.26. The summed E-state index contributed by atoms with van der Waals surface area (Å²) in [7, 11) is 0. The maximum Gasteiger partial charge on any atom is 0.375 e. The first-order valence-corrected chi connectivity index (χ1v) is 6.30. The highest BCUT2D eigenvalue weighted by Crippen LogP contribution is 2.20. The van der Waals surface area contributed by atoms with E-state index in [1.54, 1.807) is 13.8 Å². The molecule has 0 aliphatic rings. The number of rotatable bonds is 9. The van der Waals surface area contributed by atoms with Gasteiger partial charge in [-0.1, -0.05) is 20.3 Å². The van der Waals surface area contributed by atoms with Crippen LogP contribution in [0.15, 0.2) is 11.3 Å². The normalized spacial score (nSPS) is 12.8. The van der Waals surface area contributed by atoms with Crippen LogP contribution < -0.4 is 0 Å². The minimum Gasteiger partial charge on any atom is -0.478 e. The van der Waals surface area contributed by atoms with Gasteiger partial charge in [-0.15, -0.1) is 0 Å². The third-order valence-corrected chi connectivity index (χ3v) is 2.71. The van der Waals surface area contributed by atoms with Crippen molar-refractivity contribution in [2.75, 3.05) is 0 Å². The van der Waals surface area contributed by atoms with Gasteiger partial charge in [0.25, 0.3) is 5.76 Å². The highest BCUT2D eigenvalue weighted by atomic mass is 17.2. The zero-order valence-corrected chi connectivity index (χ0v) is 11.9. The standard InChI is InChI=1S/C13H22O6/c1-5-7-8-9(11(14)15)10(12(16)17)18-19-13(3,4)6-2/h5-8H2,1-4H3,(H,14,15)(H,16,17)/b10-9-. The average molecular weight is 274 g/mol. The van der Waals surface area contributed by atoms with Crippen molar-refractivity contribution in [2.45, 2.75) is 59.0 Å². The summed E-state index contributed by atoms with van der Waals surface area (Å²) in [4.78, 5) is 32.0. The molecule has 0 saturated heterocycles. The SMILES string of the molecule is CCCC/C(C(=O)O)=C(/OOC(C)(C)CC)C(=O)O. The fourth-order valence-electron chi connectivity index (χ4n) is 1.10. The van der Waals surface area contributed by atoms with Crippen molar-refractivity contribution < 1.29 is 29.6 Å². The van der Waals surface area contributed by atoms with Crippen LogP contribution in [0.3, 0.4) is 0 Å². The molecule has 0 aromatic rings. The third-order valence-electron chi connectivity index (χ3n) is 2.71. The van der Waals surface area contributed by atoms with Gasteiger partial charge < -0.3 is 15.1 Å². The minimum atomic E-state index is -1.44. The first-order chi connectivity index (χ1) is 8.75. The van der Waals surface area contributed by atoms with E-state index in [9.17, 15) is 9.59 Å². The summed E-state index contributed by atoms with van der Waals surface area (Å²) in [6.07, 6.45) is 2.05. The van der Waals surface area contributed by atoms with Gasteiger partial charge in [-0.25, -0.2) is 9.59 Å². The van der Waals surface area contributed by atoms with Crippen LogP contribution in [0.1, 0.15) is 53.4 Å². The quantitative estimate of drug-likeness (QED) is 0.290. The molecule has 0 aliphatic carbocycles. The molecule has 0 aromatic carbocycles. The summed E-state index contributed by atoms with van der Waals surface area (Å²) in [6.45, 7) is 7.18. The van der Waals surface area contributed by atoms with Crippen molar-refractivity contribution in [3.8, 4) is 0 Å². The van der Waals surface area contributed by atoms with E-state index in [4.69, 9.17) is 20.0 Å². The maximum atomic E-state index is 11.1. The first-order valence-electron chi connectivity index (χ1n) is 6.30. The van der Waals surface area contributed by atoms with Gasteiger partial charge in [0, 0.05) is 0 Å². The summed E-state index contributed by atoms with van der Waals surface area (Å²) in [5, 5.41) is 18.1. The van der Waals surface area contributed by atoms with Gasteiger partial charge in [0.1, 0.15) is 5.60 Å². The van der Waals surface area contributed by atoms with Crippen LogP contribution in [0, 0.1) is 0 Å². The Morgan fingerprint density at radius 1 is 1.11 bits per heavy atom. The largest absolute Gasteiger partial charge is 0.478 e.